The van der Waals surface area contributed by atoms with Crippen LogP contribution in [0.2, 0.25) is 5.02 Å². The van der Waals surface area contributed by atoms with E-state index in [1.165, 1.54) is 12.1 Å². The molecule has 3 aromatic rings. The first-order valence-corrected chi connectivity index (χ1v) is 13.5. The molecule has 3 rings (SSSR count). The standard InChI is InChI=1S/C27H30ClNO6S/c1-2-34-27(31)14-16-35-23-7-4-8-25(18-23)36(32,33)24-11-9-20(10-12-24)13-15-29-19-26(30)21-5-3-6-22(28)17-21/h3-12,17-18,26,29-30H,2,13-16,19H2,1H3/t26-/m1/s1. The summed E-state index contributed by atoms with van der Waals surface area (Å²) in [6.45, 7) is 3.13. The van der Waals surface area contributed by atoms with Gasteiger partial charge in [-0.1, -0.05) is 41.9 Å². The normalized spacial score (nSPS) is 12.2. The van der Waals surface area contributed by atoms with Crippen molar-refractivity contribution in [3.8, 4) is 5.75 Å². The van der Waals surface area contributed by atoms with Gasteiger partial charge < -0.3 is 19.9 Å². The number of carbonyl (C=O) groups excluding carboxylic acids is 1. The van der Waals surface area contributed by atoms with Gasteiger partial charge in [-0.15, -0.1) is 0 Å². The predicted molar refractivity (Wildman–Crippen MR) is 138 cm³/mol. The summed E-state index contributed by atoms with van der Waals surface area (Å²) in [6, 6.07) is 20.0. The zero-order chi connectivity index (χ0) is 26.0. The Kier molecular flexibility index (Phi) is 10.3. The largest absolute Gasteiger partial charge is 0.493 e. The van der Waals surface area contributed by atoms with Crippen molar-refractivity contribution < 1.29 is 27.8 Å². The van der Waals surface area contributed by atoms with Gasteiger partial charge in [-0.25, -0.2) is 8.42 Å². The van der Waals surface area contributed by atoms with Gasteiger partial charge in [0.25, 0.3) is 0 Å². The summed E-state index contributed by atoms with van der Waals surface area (Å²) in [4.78, 5) is 11.7. The Morgan fingerprint density at radius 3 is 2.50 bits per heavy atom. The van der Waals surface area contributed by atoms with Gasteiger partial charge in [-0.3, -0.25) is 4.79 Å². The Labute approximate surface area is 216 Å². The molecule has 1 atom stereocenters. The highest BCUT2D eigenvalue weighted by molar-refractivity contribution is 7.91. The molecule has 0 heterocycles. The SMILES string of the molecule is CCOC(=O)CCOc1cccc(S(=O)(=O)c2ccc(CCNC[C@@H](O)c3cccc(Cl)c3)cc2)c1. The highest BCUT2D eigenvalue weighted by Crippen LogP contribution is 2.25. The van der Waals surface area contributed by atoms with Crippen LogP contribution in [-0.4, -0.2) is 45.8 Å². The highest BCUT2D eigenvalue weighted by atomic mass is 35.5. The first-order chi connectivity index (χ1) is 17.3. The molecule has 0 aliphatic heterocycles. The summed E-state index contributed by atoms with van der Waals surface area (Å²) in [5, 5.41) is 14.1. The molecule has 0 bridgehead atoms. The number of ether oxygens (including phenoxy) is 2. The van der Waals surface area contributed by atoms with E-state index in [9.17, 15) is 18.3 Å². The van der Waals surface area contributed by atoms with Crippen LogP contribution < -0.4 is 10.1 Å². The van der Waals surface area contributed by atoms with E-state index < -0.39 is 15.9 Å². The number of sulfone groups is 1. The molecule has 0 aliphatic carbocycles. The molecular formula is C27H30ClNO6S. The lowest BCUT2D eigenvalue weighted by Crippen LogP contribution is -2.23. The molecule has 0 saturated carbocycles. The molecule has 0 unspecified atom stereocenters. The van der Waals surface area contributed by atoms with Gasteiger partial charge in [0.05, 0.1) is 35.5 Å². The van der Waals surface area contributed by atoms with Gasteiger partial charge in [0.1, 0.15) is 5.75 Å². The third-order valence-corrected chi connectivity index (χ3v) is 7.39. The van der Waals surface area contributed by atoms with Gasteiger partial charge in [0, 0.05) is 11.6 Å². The van der Waals surface area contributed by atoms with E-state index in [-0.39, 0.29) is 28.8 Å². The van der Waals surface area contributed by atoms with Gasteiger partial charge in [-0.05, 0) is 73.5 Å². The van der Waals surface area contributed by atoms with Crippen molar-refractivity contribution >= 4 is 27.4 Å². The number of benzene rings is 3. The Bertz CT molecular complexity index is 1250. The third kappa shape index (κ3) is 8.06. The smallest absolute Gasteiger partial charge is 0.309 e. The number of aliphatic hydroxyl groups excluding tert-OH is 1. The summed E-state index contributed by atoms with van der Waals surface area (Å²) in [5.74, 6) is -0.00289. The second kappa shape index (κ2) is 13.4. The van der Waals surface area contributed by atoms with Crippen molar-refractivity contribution in [1.82, 2.24) is 5.32 Å². The van der Waals surface area contributed by atoms with E-state index in [0.717, 1.165) is 11.1 Å². The lowest BCUT2D eigenvalue weighted by atomic mass is 10.1. The number of aliphatic hydroxyl groups is 1. The van der Waals surface area contributed by atoms with Crippen molar-refractivity contribution in [2.24, 2.45) is 0 Å². The van der Waals surface area contributed by atoms with Crippen LogP contribution >= 0.6 is 11.6 Å². The summed E-state index contributed by atoms with van der Waals surface area (Å²) in [6.07, 6.45) is 0.0914. The third-order valence-electron chi connectivity index (χ3n) is 5.39. The van der Waals surface area contributed by atoms with E-state index in [4.69, 9.17) is 21.1 Å². The van der Waals surface area contributed by atoms with Gasteiger partial charge >= 0.3 is 5.97 Å². The van der Waals surface area contributed by atoms with Crippen LogP contribution in [0, 0.1) is 0 Å². The second-order valence-electron chi connectivity index (χ2n) is 8.05. The molecule has 3 aromatic carbocycles. The average molecular weight is 532 g/mol. The minimum atomic E-state index is -3.73. The Morgan fingerprint density at radius 1 is 1.03 bits per heavy atom. The Hall–Kier alpha value is -2.91. The molecule has 9 heteroatoms. The maximum atomic E-state index is 13.1. The van der Waals surface area contributed by atoms with Gasteiger partial charge in [-0.2, -0.15) is 0 Å². The topological polar surface area (TPSA) is 102 Å². The van der Waals surface area contributed by atoms with E-state index in [1.54, 1.807) is 61.5 Å². The van der Waals surface area contributed by atoms with Crippen LogP contribution in [0.25, 0.3) is 0 Å². The zero-order valence-corrected chi connectivity index (χ0v) is 21.6. The molecule has 0 saturated heterocycles. The Balaban J connectivity index is 1.52. The summed E-state index contributed by atoms with van der Waals surface area (Å²) in [5.41, 5.74) is 1.72. The summed E-state index contributed by atoms with van der Waals surface area (Å²) in [7, 11) is -3.73. The fraction of sp³-hybridized carbons (Fsp3) is 0.296. The Morgan fingerprint density at radius 2 is 1.78 bits per heavy atom. The number of hydrogen-bond acceptors (Lipinski definition) is 7. The van der Waals surface area contributed by atoms with Crippen molar-refractivity contribution in [3.63, 3.8) is 0 Å². The molecule has 192 valence electrons. The summed E-state index contributed by atoms with van der Waals surface area (Å²) >= 11 is 5.97. The lowest BCUT2D eigenvalue weighted by Gasteiger charge is -2.13. The molecule has 2 N–H and O–H groups in total. The van der Waals surface area contributed by atoms with Crippen LogP contribution in [-0.2, 0) is 25.8 Å². The maximum absolute atomic E-state index is 13.1. The average Bonchev–Trinajstić information content (AvgIpc) is 2.87. The van der Waals surface area contributed by atoms with Gasteiger partial charge in [0.15, 0.2) is 0 Å². The van der Waals surface area contributed by atoms with Crippen molar-refractivity contribution in [2.45, 2.75) is 35.7 Å². The molecule has 7 nitrogen and oxygen atoms in total. The van der Waals surface area contributed by atoms with E-state index in [2.05, 4.69) is 5.32 Å². The van der Waals surface area contributed by atoms with Crippen molar-refractivity contribution in [2.75, 3.05) is 26.3 Å². The van der Waals surface area contributed by atoms with E-state index in [1.807, 2.05) is 6.07 Å². The van der Waals surface area contributed by atoms with Crippen LogP contribution in [0.5, 0.6) is 5.75 Å². The van der Waals surface area contributed by atoms with Gasteiger partial charge in [0.2, 0.25) is 9.84 Å². The fourth-order valence-electron chi connectivity index (χ4n) is 3.49. The monoisotopic (exact) mass is 531 g/mol. The number of carbonyl (C=O) groups is 1. The molecule has 0 radical (unpaired) electrons. The summed E-state index contributed by atoms with van der Waals surface area (Å²) < 4.78 is 36.5. The first-order valence-electron chi connectivity index (χ1n) is 11.7. The molecule has 0 fully saturated rings. The van der Waals surface area contributed by atoms with E-state index in [0.29, 0.717) is 36.9 Å². The van der Waals surface area contributed by atoms with Crippen molar-refractivity contribution in [3.05, 3.63) is 88.9 Å². The van der Waals surface area contributed by atoms with Crippen LogP contribution in [0.15, 0.2) is 82.6 Å². The number of hydrogen-bond donors (Lipinski definition) is 2. The minimum absolute atomic E-state index is 0.0840. The van der Waals surface area contributed by atoms with Crippen LogP contribution in [0.1, 0.15) is 30.6 Å². The minimum Gasteiger partial charge on any atom is -0.493 e. The molecule has 0 spiro atoms. The molecule has 0 amide bonds. The predicted octanol–water partition coefficient (Wildman–Crippen LogP) is 4.37. The van der Waals surface area contributed by atoms with E-state index >= 15 is 0 Å². The van der Waals surface area contributed by atoms with Crippen molar-refractivity contribution in [1.29, 1.82) is 0 Å². The zero-order valence-electron chi connectivity index (χ0n) is 20.0. The number of rotatable bonds is 13. The number of halogens is 1. The fourth-order valence-corrected chi connectivity index (χ4v) is 4.99. The molecular weight excluding hydrogens is 502 g/mol. The molecule has 0 aromatic heterocycles. The quantitative estimate of drug-likeness (QED) is 0.249. The molecule has 0 aliphatic rings. The first kappa shape index (κ1) is 27.7. The molecule has 36 heavy (non-hydrogen) atoms. The number of nitrogens with one attached hydrogen (secondary N) is 1. The maximum Gasteiger partial charge on any atom is 0.309 e. The highest BCUT2D eigenvalue weighted by Gasteiger charge is 2.18. The lowest BCUT2D eigenvalue weighted by molar-refractivity contribution is -0.143. The number of esters is 1. The van der Waals surface area contributed by atoms with Crippen LogP contribution in [0.4, 0.5) is 0 Å². The second-order valence-corrected chi connectivity index (χ2v) is 10.4. The van der Waals surface area contributed by atoms with Crippen LogP contribution in [0.3, 0.4) is 0 Å².